The molecule has 0 unspecified atom stereocenters. The van der Waals surface area contributed by atoms with Crippen molar-refractivity contribution in [2.24, 2.45) is 5.92 Å². The van der Waals surface area contributed by atoms with Crippen LogP contribution in [0.4, 0.5) is 18.9 Å². The fourth-order valence-electron chi connectivity index (χ4n) is 3.53. The van der Waals surface area contributed by atoms with Gasteiger partial charge in [-0.2, -0.15) is 13.2 Å². The highest BCUT2D eigenvalue weighted by Crippen LogP contribution is 2.33. The zero-order valence-corrected chi connectivity index (χ0v) is 15.2. The summed E-state index contributed by atoms with van der Waals surface area (Å²) in [6.45, 7) is 2.36. The Kier molecular flexibility index (Phi) is 5.74. The Hall–Kier alpha value is -2.09. The number of amides is 1. The lowest BCUT2D eigenvalue weighted by molar-refractivity contribution is -0.171. The molecule has 0 atom stereocenters. The van der Waals surface area contributed by atoms with Crippen LogP contribution in [0, 0.1) is 5.92 Å². The molecule has 2 fully saturated rings. The Labute approximate surface area is 156 Å². The lowest BCUT2D eigenvalue weighted by Gasteiger charge is -2.38. The largest absolute Gasteiger partial charge is 0.471 e. The molecule has 1 saturated heterocycles. The standard InChI is InChI=1S/C19H23F3N2O3/c1-27-17(25)14-4-6-15(7-5-14)24(18(26)19(20,21)22)16-8-10-23(11-9-16)12-13-2-3-13/h4-7,13,16H,2-3,8-12H2,1H3. The summed E-state index contributed by atoms with van der Waals surface area (Å²) in [7, 11) is 1.23. The molecule has 1 aliphatic carbocycles. The minimum absolute atomic E-state index is 0.144. The van der Waals surface area contributed by atoms with E-state index in [0.29, 0.717) is 25.9 Å². The van der Waals surface area contributed by atoms with Crippen molar-refractivity contribution in [2.75, 3.05) is 31.6 Å². The van der Waals surface area contributed by atoms with E-state index in [4.69, 9.17) is 0 Å². The Balaban J connectivity index is 1.77. The van der Waals surface area contributed by atoms with E-state index in [1.54, 1.807) is 0 Å². The average molecular weight is 384 g/mol. The van der Waals surface area contributed by atoms with Crippen molar-refractivity contribution in [3.63, 3.8) is 0 Å². The Morgan fingerprint density at radius 1 is 1.11 bits per heavy atom. The van der Waals surface area contributed by atoms with Gasteiger partial charge in [-0.15, -0.1) is 0 Å². The third kappa shape index (κ3) is 4.80. The van der Waals surface area contributed by atoms with E-state index in [-0.39, 0.29) is 11.3 Å². The molecule has 27 heavy (non-hydrogen) atoms. The predicted octanol–water partition coefficient (Wildman–Crippen LogP) is 3.24. The van der Waals surface area contributed by atoms with Crippen LogP contribution in [0.2, 0.25) is 0 Å². The average Bonchev–Trinajstić information content (AvgIpc) is 3.46. The maximum absolute atomic E-state index is 13.2. The highest BCUT2D eigenvalue weighted by atomic mass is 19.4. The third-order valence-electron chi connectivity index (χ3n) is 5.16. The number of benzene rings is 1. The molecule has 1 saturated carbocycles. The van der Waals surface area contributed by atoms with Crippen LogP contribution in [0.5, 0.6) is 0 Å². The van der Waals surface area contributed by atoms with Gasteiger partial charge in [0, 0.05) is 31.4 Å². The zero-order chi connectivity index (χ0) is 19.6. The summed E-state index contributed by atoms with van der Waals surface area (Å²) in [6, 6.07) is 4.97. The van der Waals surface area contributed by atoms with Gasteiger partial charge in [-0.1, -0.05) is 0 Å². The molecule has 0 radical (unpaired) electrons. The maximum atomic E-state index is 13.2. The van der Waals surface area contributed by atoms with Gasteiger partial charge in [0.05, 0.1) is 12.7 Å². The van der Waals surface area contributed by atoms with E-state index in [1.807, 2.05) is 0 Å². The number of hydrogen-bond donors (Lipinski definition) is 0. The fraction of sp³-hybridized carbons (Fsp3) is 0.579. The van der Waals surface area contributed by atoms with Crippen molar-refractivity contribution in [3.8, 4) is 0 Å². The minimum Gasteiger partial charge on any atom is -0.465 e. The van der Waals surface area contributed by atoms with Crippen molar-refractivity contribution in [3.05, 3.63) is 29.8 Å². The fourth-order valence-corrected chi connectivity index (χ4v) is 3.53. The summed E-state index contributed by atoms with van der Waals surface area (Å²) in [5.74, 6) is -1.72. The number of carbonyl (C=O) groups excluding carboxylic acids is 2. The van der Waals surface area contributed by atoms with Gasteiger partial charge >= 0.3 is 18.1 Å². The van der Waals surface area contributed by atoms with Gasteiger partial charge in [0.1, 0.15) is 0 Å². The number of likely N-dealkylation sites (tertiary alicyclic amines) is 1. The van der Waals surface area contributed by atoms with Crippen molar-refractivity contribution in [2.45, 2.75) is 37.9 Å². The second kappa shape index (κ2) is 7.88. The first-order valence-electron chi connectivity index (χ1n) is 9.10. The van der Waals surface area contributed by atoms with Crippen molar-refractivity contribution in [1.82, 2.24) is 4.90 Å². The maximum Gasteiger partial charge on any atom is 0.471 e. The smallest absolute Gasteiger partial charge is 0.465 e. The van der Waals surface area contributed by atoms with Crippen molar-refractivity contribution in [1.29, 1.82) is 0 Å². The van der Waals surface area contributed by atoms with Gasteiger partial charge in [-0.3, -0.25) is 4.79 Å². The van der Waals surface area contributed by atoms with Crippen LogP contribution >= 0.6 is 0 Å². The molecule has 1 amide bonds. The van der Waals surface area contributed by atoms with Crippen LogP contribution in [0.3, 0.4) is 0 Å². The van der Waals surface area contributed by atoms with Gasteiger partial charge in [-0.05, 0) is 55.9 Å². The Morgan fingerprint density at radius 3 is 2.19 bits per heavy atom. The number of carbonyl (C=O) groups is 2. The zero-order valence-electron chi connectivity index (χ0n) is 15.2. The monoisotopic (exact) mass is 384 g/mol. The first-order valence-corrected chi connectivity index (χ1v) is 9.10. The van der Waals surface area contributed by atoms with E-state index in [2.05, 4.69) is 9.64 Å². The van der Waals surface area contributed by atoms with E-state index in [9.17, 15) is 22.8 Å². The quantitative estimate of drug-likeness (QED) is 0.732. The summed E-state index contributed by atoms with van der Waals surface area (Å²) in [5.41, 5.74) is 0.366. The summed E-state index contributed by atoms with van der Waals surface area (Å²) in [5, 5.41) is 0. The normalized spacial score (nSPS) is 19.0. The Bertz CT molecular complexity index is 678. The van der Waals surface area contributed by atoms with E-state index in [1.165, 1.54) is 44.2 Å². The minimum atomic E-state index is -4.95. The van der Waals surface area contributed by atoms with E-state index < -0.39 is 24.1 Å². The number of rotatable bonds is 5. The number of alkyl halides is 3. The van der Waals surface area contributed by atoms with Crippen LogP contribution in [0.15, 0.2) is 24.3 Å². The van der Waals surface area contributed by atoms with E-state index in [0.717, 1.165) is 17.4 Å². The lowest BCUT2D eigenvalue weighted by atomic mass is 10.0. The highest BCUT2D eigenvalue weighted by molar-refractivity contribution is 5.98. The van der Waals surface area contributed by atoms with Crippen LogP contribution in [-0.2, 0) is 9.53 Å². The number of methoxy groups -OCH3 is 1. The summed E-state index contributed by atoms with van der Waals surface area (Å²) < 4.78 is 44.1. The predicted molar refractivity (Wildman–Crippen MR) is 93.5 cm³/mol. The number of hydrogen-bond acceptors (Lipinski definition) is 4. The lowest BCUT2D eigenvalue weighted by Crippen LogP contribution is -2.52. The number of ether oxygens (including phenoxy) is 1. The first-order chi connectivity index (χ1) is 12.8. The molecule has 0 bridgehead atoms. The molecule has 1 heterocycles. The van der Waals surface area contributed by atoms with Crippen molar-refractivity contribution < 1.29 is 27.5 Å². The molecule has 0 aromatic heterocycles. The van der Waals surface area contributed by atoms with Crippen molar-refractivity contribution >= 4 is 17.6 Å². The molecule has 5 nitrogen and oxygen atoms in total. The topological polar surface area (TPSA) is 49.9 Å². The molecule has 0 spiro atoms. The molecular weight excluding hydrogens is 361 g/mol. The summed E-state index contributed by atoms with van der Waals surface area (Å²) in [6.07, 6.45) is -1.51. The second-order valence-corrected chi connectivity index (χ2v) is 7.19. The van der Waals surface area contributed by atoms with Crippen LogP contribution in [0.1, 0.15) is 36.0 Å². The molecule has 0 N–H and O–H groups in total. The number of esters is 1. The highest BCUT2D eigenvalue weighted by Gasteiger charge is 2.46. The molecule has 148 valence electrons. The van der Waals surface area contributed by atoms with Gasteiger partial charge < -0.3 is 14.5 Å². The third-order valence-corrected chi connectivity index (χ3v) is 5.16. The number of piperidine rings is 1. The Morgan fingerprint density at radius 2 is 1.70 bits per heavy atom. The molecule has 1 aromatic rings. The second-order valence-electron chi connectivity index (χ2n) is 7.19. The van der Waals surface area contributed by atoms with Gasteiger partial charge in [0.15, 0.2) is 0 Å². The molecule has 8 heteroatoms. The van der Waals surface area contributed by atoms with Crippen LogP contribution < -0.4 is 4.90 Å². The van der Waals surface area contributed by atoms with E-state index >= 15 is 0 Å². The molecule has 1 aromatic carbocycles. The number of halogens is 3. The van der Waals surface area contributed by atoms with Crippen LogP contribution in [0.25, 0.3) is 0 Å². The van der Waals surface area contributed by atoms with Gasteiger partial charge in [0.25, 0.3) is 0 Å². The molecule has 3 rings (SSSR count). The molecular formula is C19H23F3N2O3. The molecule has 1 aliphatic heterocycles. The summed E-state index contributed by atoms with van der Waals surface area (Å²) >= 11 is 0. The number of anilines is 1. The van der Waals surface area contributed by atoms with Gasteiger partial charge in [-0.25, -0.2) is 4.79 Å². The first kappa shape index (κ1) is 19.7. The SMILES string of the molecule is COC(=O)c1ccc(N(C(=O)C(F)(F)F)C2CCN(CC3CC3)CC2)cc1. The molecule has 2 aliphatic rings. The van der Waals surface area contributed by atoms with Crippen LogP contribution in [-0.4, -0.2) is 55.7 Å². The van der Waals surface area contributed by atoms with Gasteiger partial charge in [0.2, 0.25) is 0 Å². The summed E-state index contributed by atoms with van der Waals surface area (Å²) in [4.78, 5) is 26.7. The number of nitrogens with zero attached hydrogens (tertiary/aromatic N) is 2.